The van der Waals surface area contributed by atoms with E-state index in [-0.39, 0.29) is 5.91 Å². The van der Waals surface area contributed by atoms with Crippen LogP contribution < -0.4 is 5.32 Å². The molecule has 1 heterocycles. The van der Waals surface area contributed by atoms with E-state index in [4.69, 9.17) is 16.6 Å². The van der Waals surface area contributed by atoms with Gasteiger partial charge in [0.1, 0.15) is 0 Å². The van der Waals surface area contributed by atoms with Gasteiger partial charge >= 0.3 is 0 Å². The van der Waals surface area contributed by atoms with E-state index in [1.807, 2.05) is 79.7 Å². The summed E-state index contributed by atoms with van der Waals surface area (Å²) in [7, 11) is 0. The second-order valence-corrected chi connectivity index (χ2v) is 6.78. The van der Waals surface area contributed by atoms with Gasteiger partial charge in [0.05, 0.1) is 21.8 Å². The average Bonchev–Trinajstić information content (AvgIpc) is 2.70. The molecule has 4 heteroatoms. The third kappa shape index (κ3) is 3.55. The summed E-state index contributed by atoms with van der Waals surface area (Å²) in [5.74, 6) is -0.189. The number of hydrogen-bond acceptors (Lipinski definition) is 2. The van der Waals surface area contributed by atoms with Crippen LogP contribution in [0.4, 0.5) is 5.69 Å². The van der Waals surface area contributed by atoms with Gasteiger partial charge in [0, 0.05) is 16.6 Å². The quantitative estimate of drug-likeness (QED) is 0.471. The van der Waals surface area contributed by atoms with Crippen LogP contribution in [0.15, 0.2) is 78.9 Å². The van der Waals surface area contributed by atoms with Gasteiger partial charge in [0.15, 0.2) is 0 Å². The molecule has 0 unspecified atom stereocenters. The molecule has 1 amide bonds. The molecule has 0 fully saturated rings. The highest BCUT2D eigenvalue weighted by Gasteiger charge is 2.15. The van der Waals surface area contributed by atoms with Crippen molar-refractivity contribution in [1.82, 2.24) is 4.98 Å². The number of rotatable bonds is 3. The van der Waals surface area contributed by atoms with Crippen molar-refractivity contribution in [2.45, 2.75) is 6.92 Å². The van der Waals surface area contributed by atoms with Gasteiger partial charge in [0.2, 0.25) is 0 Å². The van der Waals surface area contributed by atoms with Crippen LogP contribution in [0.2, 0.25) is 5.02 Å². The molecule has 0 saturated carbocycles. The summed E-state index contributed by atoms with van der Waals surface area (Å²) in [5, 5.41) is 4.22. The number of aromatic nitrogens is 1. The number of anilines is 1. The normalized spacial score (nSPS) is 10.7. The first kappa shape index (κ1) is 17.3. The van der Waals surface area contributed by atoms with Crippen molar-refractivity contribution in [3.05, 3.63) is 95.0 Å². The van der Waals surface area contributed by atoms with Crippen molar-refractivity contribution < 1.29 is 4.79 Å². The molecule has 132 valence electrons. The van der Waals surface area contributed by atoms with Crippen molar-refractivity contribution in [3.63, 3.8) is 0 Å². The van der Waals surface area contributed by atoms with Gasteiger partial charge in [-0.2, -0.15) is 0 Å². The van der Waals surface area contributed by atoms with E-state index in [1.54, 1.807) is 6.07 Å². The fourth-order valence-electron chi connectivity index (χ4n) is 2.99. The van der Waals surface area contributed by atoms with Crippen LogP contribution in [0.5, 0.6) is 0 Å². The van der Waals surface area contributed by atoms with E-state index >= 15 is 0 Å². The number of halogens is 1. The Kier molecular flexibility index (Phi) is 4.61. The third-order valence-electron chi connectivity index (χ3n) is 4.41. The molecule has 1 aromatic heterocycles. The van der Waals surface area contributed by atoms with Crippen LogP contribution in [0.1, 0.15) is 15.9 Å². The highest BCUT2D eigenvalue weighted by molar-refractivity contribution is 6.35. The van der Waals surface area contributed by atoms with Crippen molar-refractivity contribution in [1.29, 1.82) is 0 Å². The standard InChI is InChI=1S/C23H17ClN2O/c1-15-10-12-17(13-11-15)25-23(27)19-14-21(16-6-3-2-4-7-16)26-22-18(19)8-5-9-20(22)24/h2-14H,1H3,(H,25,27). The van der Waals surface area contributed by atoms with Gasteiger partial charge in [-0.05, 0) is 31.2 Å². The summed E-state index contributed by atoms with van der Waals surface area (Å²) in [5.41, 5.74) is 4.70. The Balaban J connectivity index is 1.84. The van der Waals surface area contributed by atoms with Gasteiger partial charge < -0.3 is 5.32 Å². The van der Waals surface area contributed by atoms with Gasteiger partial charge in [-0.3, -0.25) is 4.79 Å². The highest BCUT2D eigenvalue weighted by atomic mass is 35.5. The maximum Gasteiger partial charge on any atom is 0.256 e. The second kappa shape index (κ2) is 7.22. The van der Waals surface area contributed by atoms with Crippen molar-refractivity contribution >= 4 is 34.1 Å². The van der Waals surface area contributed by atoms with Gasteiger partial charge in [-0.15, -0.1) is 0 Å². The Bertz CT molecular complexity index is 1120. The molecule has 0 bridgehead atoms. The molecule has 3 nitrogen and oxygen atoms in total. The van der Waals surface area contributed by atoms with E-state index in [0.29, 0.717) is 21.8 Å². The van der Waals surface area contributed by atoms with E-state index in [9.17, 15) is 4.79 Å². The topological polar surface area (TPSA) is 42.0 Å². The summed E-state index contributed by atoms with van der Waals surface area (Å²) >= 11 is 6.38. The van der Waals surface area contributed by atoms with Crippen LogP contribution in [0, 0.1) is 6.92 Å². The number of aryl methyl sites for hydroxylation is 1. The average molecular weight is 373 g/mol. The van der Waals surface area contributed by atoms with Crippen LogP contribution in [0.3, 0.4) is 0 Å². The molecule has 27 heavy (non-hydrogen) atoms. The minimum atomic E-state index is -0.189. The fraction of sp³-hybridized carbons (Fsp3) is 0.0435. The summed E-state index contributed by atoms with van der Waals surface area (Å²) in [6.07, 6.45) is 0. The Hall–Kier alpha value is -3.17. The molecule has 1 N–H and O–H groups in total. The third-order valence-corrected chi connectivity index (χ3v) is 4.72. The second-order valence-electron chi connectivity index (χ2n) is 6.38. The van der Waals surface area contributed by atoms with Crippen LogP contribution >= 0.6 is 11.6 Å². The predicted molar refractivity (Wildman–Crippen MR) is 111 cm³/mol. The van der Waals surface area contributed by atoms with E-state index in [2.05, 4.69) is 5.32 Å². The maximum absolute atomic E-state index is 13.0. The first-order valence-electron chi connectivity index (χ1n) is 8.64. The SMILES string of the molecule is Cc1ccc(NC(=O)c2cc(-c3ccccc3)nc3c(Cl)cccc23)cc1. The zero-order valence-corrected chi connectivity index (χ0v) is 15.5. The van der Waals surface area contributed by atoms with Crippen molar-refractivity contribution in [2.24, 2.45) is 0 Å². The first-order chi connectivity index (χ1) is 13.1. The Morgan fingerprint density at radius 1 is 0.926 bits per heavy atom. The van der Waals surface area contributed by atoms with Gasteiger partial charge in [-0.25, -0.2) is 4.98 Å². The number of benzene rings is 3. The van der Waals surface area contributed by atoms with E-state index in [1.165, 1.54) is 0 Å². The van der Waals surface area contributed by atoms with Crippen LogP contribution in [-0.2, 0) is 0 Å². The van der Waals surface area contributed by atoms with E-state index < -0.39 is 0 Å². The van der Waals surface area contributed by atoms with Crippen molar-refractivity contribution in [3.8, 4) is 11.3 Å². The number of nitrogens with zero attached hydrogens (tertiary/aromatic N) is 1. The maximum atomic E-state index is 13.0. The lowest BCUT2D eigenvalue weighted by Crippen LogP contribution is -2.13. The number of hydrogen-bond donors (Lipinski definition) is 1. The number of carbonyl (C=O) groups excluding carboxylic acids is 1. The number of para-hydroxylation sites is 1. The number of nitrogens with one attached hydrogen (secondary N) is 1. The van der Waals surface area contributed by atoms with Crippen molar-refractivity contribution in [2.75, 3.05) is 5.32 Å². The molecule has 0 saturated heterocycles. The minimum absolute atomic E-state index is 0.189. The molecule has 4 aromatic rings. The molecule has 0 aliphatic rings. The van der Waals surface area contributed by atoms with Crippen LogP contribution in [-0.4, -0.2) is 10.9 Å². The summed E-state index contributed by atoms with van der Waals surface area (Å²) in [6.45, 7) is 2.01. The molecular weight excluding hydrogens is 356 g/mol. The molecular formula is C23H17ClN2O. The molecule has 4 rings (SSSR count). The van der Waals surface area contributed by atoms with Gasteiger partial charge in [-0.1, -0.05) is 71.8 Å². The summed E-state index contributed by atoms with van der Waals surface area (Å²) in [6, 6.07) is 24.8. The molecule has 0 radical (unpaired) electrons. The van der Waals surface area contributed by atoms with E-state index in [0.717, 1.165) is 22.2 Å². The van der Waals surface area contributed by atoms with Crippen LogP contribution in [0.25, 0.3) is 22.2 Å². The smallest absolute Gasteiger partial charge is 0.256 e. The zero-order valence-electron chi connectivity index (χ0n) is 14.7. The molecule has 0 spiro atoms. The van der Waals surface area contributed by atoms with Gasteiger partial charge in [0.25, 0.3) is 5.91 Å². The fourth-order valence-corrected chi connectivity index (χ4v) is 3.21. The lowest BCUT2D eigenvalue weighted by Gasteiger charge is -2.12. The Morgan fingerprint density at radius 3 is 2.41 bits per heavy atom. The zero-order chi connectivity index (χ0) is 18.8. The number of pyridine rings is 1. The monoisotopic (exact) mass is 372 g/mol. The Labute approximate surface area is 162 Å². The molecule has 0 aliphatic heterocycles. The lowest BCUT2D eigenvalue weighted by atomic mass is 10.0. The predicted octanol–water partition coefficient (Wildman–Crippen LogP) is 6.12. The summed E-state index contributed by atoms with van der Waals surface area (Å²) < 4.78 is 0. The number of carbonyl (C=O) groups is 1. The largest absolute Gasteiger partial charge is 0.322 e. The molecule has 0 atom stereocenters. The summed E-state index contributed by atoms with van der Waals surface area (Å²) in [4.78, 5) is 17.7. The number of fused-ring (bicyclic) bond motifs is 1. The highest BCUT2D eigenvalue weighted by Crippen LogP contribution is 2.29. The minimum Gasteiger partial charge on any atom is -0.322 e. The molecule has 0 aliphatic carbocycles. The first-order valence-corrected chi connectivity index (χ1v) is 9.02. The molecule has 3 aromatic carbocycles. The number of amides is 1. The Morgan fingerprint density at radius 2 is 1.67 bits per heavy atom. The lowest BCUT2D eigenvalue weighted by molar-refractivity contribution is 0.102.